The molecule has 0 rings (SSSR count). The first kappa shape index (κ1) is 6.39. The minimum absolute atomic E-state index is 0.0787. The summed E-state index contributed by atoms with van der Waals surface area (Å²) in [6, 6.07) is 0. The van der Waals surface area contributed by atoms with Gasteiger partial charge in [0.2, 0.25) is 0 Å². The van der Waals surface area contributed by atoms with Gasteiger partial charge in [0.1, 0.15) is 0 Å². The number of ether oxygens (including phenoxy) is 1. The molecule has 0 amide bonds. The van der Waals surface area contributed by atoms with Crippen LogP contribution in [0, 0.1) is 0 Å². The highest BCUT2D eigenvalue weighted by molar-refractivity contribution is 5.65. The first-order valence-electron chi connectivity index (χ1n) is 1.84. The third kappa shape index (κ3) is 5.39. The topological polar surface area (TPSA) is 64.3 Å². The lowest BCUT2D eigenvalue weighted by atomic mass is 10.8. The van der Waals surface area contributed by atoms with Crippen LogP contribution in [0.25, 0.3) is 0 Å². The fraction of sp³-hybridized carbons (Fsp3) is 0.667. The van der Waals surface area contributed by atoms with Crippen molar-refractivity contribution in [2.45, 2.75) is 6.92 Å². The second kappa shape index (κ2) is 3.58. The molecule has 0 atom stereocenters. The molecule has 7 heavy (non-hydrogen) atoms. The zero-order chi connectivity index (χ0) is 5.70. The van der Waals surface area contributed by atoms with Crippen LogP contribution in [0.2, 0.25) is 0 Å². The van der Waals surface area contributed by atoms with Gasteiger partial charge in [0.15, 0.2) is 6.73 Å². The van der Waals surface area contributed by atoms with Crippen molar-refractivity contribution in [2.24, 2.45) is 5.84 Å². The normalized spacial score (nSPS) is 8.29. The Bertz CT molecular complexity index is 64.0. The van der Waals surface area contributed by atoms with Gasteiger partial charge in [-0.15, -0.1) is 0 Å². The second-order valence-electron chi connectivity index (χ2n) is 0.984. The highest BCUT2D eigenvalue weighted by atomic mass is 16.5. The lowest BCUT2D eigenvalue weighted by molar-refractivity contribution is -0.141. The van der Waals surface area contributed by atoms with E-state index in [1.165, 1.54) is 6.92 Å². The number of carbonyl (C=O) groups is 1. The van der Waals surface area contributed by atoms with Gasteiger partial charge in [-0.3, -0.25) is 10.6 Å². The molecule has 0 aromatic carbocycles. The van der Waals surface area contributed by atoms with Crippen molar-refractivity contribution in [3.05, 3.63) is 0 Å². The number of hydrogen-bond donors (Lipinski definition) is 2. The average molecular weight is 104 g/mol. The van der Waals surface area contributed by atoms with Gasteiger partial charge in [-0.05, 0) is 0 Å². The summed E-state index contributed by atoms with van der Waals surface area (Å²) in [6.07, 6.45) is 0. The molecule has 0 bridgehead atoms. The molecule has 0 heterocycles. The second-order valence-corrected chi connectivity index (χ2v) is 0.984. The van der Waals surface area contributed by atoms with E-state index >= 15 is 0 Å². The molecule has 0 unspecified atom stereocenters. The van der Waals surface area contributed by atoms with Crippen LogP contribution in [-0.2, 0) is 9.53 Å². The Morgan fingerprint density at radius 1 is 2.00 bits per heavy atom. The minimum atomic E-state index is -0.335. The molecule has 0 spiro atoms. The summed E-state index contributed by atoms with van der Waals surface area (Å²) in [5, 5.41) is 0. The van der Waals surface area contributed by atoms with Crippen molar-refractivity contribution in [1.29, 1.82) is 0 Å². The molecular weight excluding hydrogens is 96.0 g/mol. The first-order chi connectivity index (χ1) is 3.27. The lowest BCUT2D eigenvalue weighted by Gasteiger charge is -1.95. The van der Waals surface area contributed by atoms with E-state index in [2.05, 4.69) is 10.2 Å². The standard InChI is InChI=1S/C3H8N2O2/c1-3(6)7-2-5-4/h5H,2,4H2,1H3. The number of esters is 1. The molecule has 4 nitrogen and oxygen atoms in total. The SMILES string of the molecule is CC(=O)OCNN. The molecule has 0 aliphatic carbocycles. The van der Waals surface area contributed by atoms with E-state index in [4.69, 9.17) is 5.84 Å². The summed E-state index contributed by atoms with van der Waals surface area (Å²) in [7, 11) is 0. The predicted octanol–water partition coefficient (Wildman–Crippen LogP) is -1.03. The van der Waals surface area contributed by atoms with Crippen molar-refractivity contribution in [3.63, 3.8) is 0 Å². The highest BCUT2D eigenvalue weighted by Gasteiger charge is 1.84. The average Bonchev–Trinajstić information content (AvgIpc) is 1.61. The Hall–Kier alpha value is -0.610. The smallest absolute Gasteiger partial charge is 0.303 e. The third-order valence-corrected chi connectivity index (χ3v) is 0.359. The molecule has 3 N–H and O–H groups in total. The molecule has 0 saturated carbocycles. The monoisotopic (exact) mass is 104 g/mol. The van der Waals surface area contributed by atoms with E-state index in [0.29, 0.717) is 0 Å². The molecular formula is C3H8N2O2. The molecule has 0 radical (unpaired) electrons. The van der Waals surface area contributed by atoms with Crippen molar-refractivity contribution >= 4 is 5.97 Å². The Morgan fingerprint density at radius 3 is 2.71 bits per heavy atom. The maximum atomic E-state index is 9.88. The quantitative estimate of drug-likeness (QED) is 0.203. The van der Waals surface area contributed by atoms with E-state index < -0.39 is 0 Å². The third-order valence-electron chi connectivity index (χ3n) is 0.359. The van der Waals surface area contributed by atoms with Gasteiger partial charge in [0, 0.05) is 6.92 Å². The van der Waals surface area contributed by atoms with Crippen LogP contribution in [0.4, 0.5) is 0 Å². The van der Waals surface area contributed by atoms with Crippen molar-refractivity contribution in [2.75, 3.05) is 6.73 Å². The van der Waals surface area contributed by atoms with Gasteiger partial charge in [-0.2, -0.15) is 0 Å². The zero-order valence-corrected chi connectivity index (χ0v) is 4.10. The zero-order valence-electron chi connectivity index (χ0n) is 4.10. The fourth-order valence-corrected chi connectivity index (χ4v) is 0.143. The summed E-state index contributed by atoms with van der Waals surface area (Å²) in [4.78, 5) is 9.88. The summed E-state index contributed by atoms with van der Waals surface area (Å²) >= 11 is 0. The summed E-state index contributed by atoms with van der Waals surface area (Å²) in [6.45, 7) is 1.40. The Balaban J connectivity index is 2.82. The van der Waals surface area contributed by atoms with Crippen LogP contribution >= 0.6 is 0 Å². The molecule has 0 fully saturated rings. The van der Waals surface area contributed by atoms with Crippen LogP contribution in [0.5, 0.6) is 0 Å². The number of rotatable bonds is 2. The maximum absolute atomic E-state index is 9.88. The Kier molecular flexibility index (Phi) is 3.26. The number of carbonyl (C=O) groups excluding carboxylic acids is 1. The van der Waals surface area contributed by atoms with Crippen LogP contribution in [0.1, 0.15) is 6.92 Å². The largest absolute Gasteiger partial charge is 0.449 e. The number of nitrogens with two attached hydrogens (primary N) is 1. The van der Waals surface area contributed by atoms with Gasteiger partial charge in [0.05, 0.1) is 0 Å². The molecule has 0 saturated heterocycles. The highest BCUT2D eigenvalue weighted by Crippen LogP contribution is 1.66. The van der Waals surface area contributed by atoms with E-state index in [1.807, 2.05) is 0 Å². The van der Waals surface area contributed by atoms with Gasteiger partial charge < -0.3 is 4.74 Å². The summed E-state index contributed by atoms with van der Waals surface area (Å²) in [5.41, 5.74) is 2.16. The number of nitrogens with one attached hydrogen (secondary N) is 1. The van der Waals surface area contributed by atoms with Gasteiger partial charge in [-0.1, -0.05) is 0 Å². The summed E-state index contributed by atoms with van der Waals surface area (Å²) in [5.74, 6) is 4.41. The molecule has 0 aliphatic rings. The maximum Gasteiger partial charge on any atom is 0.303 e. The van der Waals surface area contributed by atoms with Crippen molar-refractivity contribution < 1.29 is 9.53 Å². The number of hydrazine groups is 1. The van der Waals surface area contributed by atoms with Gasteiger partial charge in [0.25, 0.3) is 0 Å². The van der Waals surface area contributed by atoms with Crippen molar-refractivity contribution in [1.82, 2.24) is 5.43 Å². The molecule has 0 aliphatic heterocycles. The van der Waals surface area contributed by atoms with Crippen LogP contribution < -0.4 is 11.3 Å². The van der Waals surface area contributed by atoms with Crippen LogP contribution in [-0.4, -0.2) is 12.7 Å². The van der Waals surface area contributed by atoms with Crippen molar-refractivity contribution in [3.8, 4) is 0 Å². The molecule has 0 aromatic rings. The van der Waals surface area contributed by atoms with E-state index in [0.717, 1.165) is 0 Å². The predicted molar refractivity (Wildman–Crippen MR) is 24.0 cm³/mol. The molecule has 4 heteroatoms. The van der Waals surface area contributed by atoms with Gasteiger partial charge >= 0.3 is 5.97 Å². The van der Waals surface area contributed by atoms with E-state index in [9.17, 15) is 4.79 Å². The Morgan fingerprint density at radius 2 is 2.57 bits per heavy atom. The van der Waals surface area contributed by atoms with Crippen LogP contribution in [0.15, 0.2) is 0 Å². The van der Waals surface area contributed by atoms with E-state index in [1.54, 1.807) is 0 Å². The fourth-order valence-electron chi connectivity index (χ4n) is 0.143. The lowest BCUT2D eigenvalue weighted by Crippen LogP contribution is -2.26. The number of hydrogen-bond acceptors (Lipinski definition) is 4. The molecule has 0 aromatic heterocycles. The first-order valence-corrected chi connectivity index (χ1v) is 1.84. The van der Waals surface area contributed by atoms with E-state index in [-0.39, 0.29) is 12.7 Å². The minimum Gasteiger partial charge on any atom is -0.449 e. The van der Waals surface area contributed by atoms with Crippen LogP contribution in [0.3, 0.4) is 0 Å². The Labute approximate surface area is 41.6 Å². The summed E-state index contributed by atoms with van der Waals surface area (Å²) < 4.78 is 4.32. The molecule has 42 valence electrons. The van der Waals surface area contributed by atoms with Gasteiger partial charge in [-0.25, -0.2) is 5.43 Å².